The molecular formula is C21H18FN3O2. The minimum atomic E-state index is -0.404. The van der Waals surface area contributed by atoms with Crippen molar-refractivity contribution >= 4 is 5.91 Å². The molecule has 0 bridgehead atoms. The van der Waals surface area contributed by atoms with Crippen molar-refractivity contribution in [2.24, 2.45) is 0 Å². The summed E-state index contributed by atoms with van der Waals surface area (Å²) < 4.78 is 14.3. The average molecular weight is 363 g/mol. The number of aromatic nitrogens is 2. The van der Waals surface area contributed by atoms with Gasteiger partial charge >= 0.3 is 0 Å². The van der Waals surface area contributed by atoms with E-state index in [1.807, 2.05) is 18.2 Å². The van der Waals surface area contributed by atoms with Gasteiger partial charge in [-0.25, -0.2) is 4.39 Å². The standard InChI is InChI=1S/C21H18FN3O2/c1-24(19-12-6-14-4-2-3-5-17(14)19)21(27)18-11-13-20(26)25(23-18)16-9-7-15(22)8-10-16/h2-5,7-11,13,19H,6,12H2,1H3. The summed E-state index contributed by atoms with van der Waals surface area (Å²) in [5.41, 5.74) is 2.61. The van der Waals surface area contributed by atoms with Gasteiger partial charge in [0.15, 0.2) is 0 Å². The van der Waals surface area contributed by atoms with Gasteiger partial charge in [-0.05, 0) is 54.3 Å². The molecule has 136 valence electrons. The summed E-state index contributed by atoms with van der Waals surface area (Å²) in [5, 5.41) is 4.21. The zero-order valence-electron chi connectivity index (χ0n) is 14.8. The van der Waals surface area contributed by atoms with Crippen molar-refractivity contribution in [3.05, 3.63) is 93.7 Å². The third kappa shape index (κ3) is 3.14. The Morgan fingerprint density at radius 1 is 1.11 bits per heavy atom. The highest BCUT2D eigenvalue weighted by Gasteiger charge is 2.29. The van der Waals surface area contributed by atoms with Crippen molar-refractivity contribution in [2.75, 3.05) is 7.05 Å². The monoisotopic (exact) mass is 363 g/mol. The highest BCUT2D eigenvalue weighted by molar-refractivity contribution is 5.92. The molecule has 1 unspecified atom stereocenters. The first-order valence-electron chi connectivity index (χ1n) is 8.76. The third-order valence-electron chi connectivity index (χ3n) is 4.98. The second kappa shape index (κ2) is 6.79. The summed E-state index contributed by atoms with van der Waals surface area (Å²) in [6.45, 7) is 0. The summed E-state index contributed by atoms with van der Waals surface area (Å²) in [6.07, 6.45) is 1.79. The van der Waals surface area contributed by atoms with E-state index in [0.717, 1.165) is 23.1 Å². The maximum Gasteiger partial charge on any atom is 0.274 e. The van der Waals surface area contributed by atoms with Crippen molar-refractivity contribution in [1.29, 1.82) is 0 Å². The van der Waals surface area contributed by atoms with Crippen LogP contribution < -0.4 is 5.56 Å². The van der Waals surface area contributed by atoms with E-state index in [1.54, 1.807) is 11.9 Å². The SMILES string of the molecule is CN(C(=O)c1ccc(=O)n(-c2ccc(F)cc2)n1)C1CCc2ccccc21. The number of aryl methyl sites for hydroxylation is 1. The molecular weight excluding hydrogens is 345 g/mol. The van der Waals surface area contributed by atoms with Crippen LogP contribution in [-0.2, 0) is 6.42 Å². The van der Waals surface area contributed by atoms with Crippen molar-refractivity contribution in [1.82, 2.24) is 14.7 Å². The smallest absolute Gasteiger partial charge is 0.274 e. The summed E-state index contributed by atoms with van der Waals surface area (Å²) in [6, 6.07) is 16.2. The predicted molar refractivity (Wildman–Crippen MR) is 99.4 cm³/mol. The fourth-order valence-corrected chi connectivity index (χ4v) is 3.55. The van der Waals surface area contributed by atoms with E-state index in [0.29, 0.717) is 5.69 Å². The van der Waals surface area contributed by atoms with Gasteiger partial charge in [0.25, 0.3) is 11.5 Å². The molecule has 6 heteroatoms. The molecule has 1 aromatic heterocycles. The van der Waals surface area contributed by atoms with Crippen LogP contribution in [0.15, 0.2) is 65.5 Å². The zero-order valence-corrected chi connectivity index (χ0v) is 14.8. The van der Waals surface area contributed by atoms with E-state index in [-0.39, 0.29) is 23.2 Å². The van der Waals surface area contributed by atoms with Gasteiger partial charge in [-0.2, -0.15) is 9.78 Å². The quantitative estimate of drug-likeness (QED) is 0.718. The van der Waals surface area contributed by atoms with E-state index in [9.17, 15) is 14.0 Å². The number of fused-ring (bicyclic) bond motifs is 1. The van der Waals surface area contributed by atoms with Crippen LogP contribution in [0.1, 0.15) is 34.1 Å². The Hall–Kier alpha value is -3.28. The number of amides is 1. The predicted octanol–water partition coefficient (Wildman–Crippen LogP) is 3.13. The van der Waals surface area contributed by atoms with Gasteiger partial charge in [0, 0.05) is 13.1 Å². The van der Waals surface area contributed by atoms with Gasteiger partial charge in [-0.3, -0.25) is 9.59 Å². The van der Waals surface area contributed by atoms with Crippen molar-refractivity contribution in [2.45, 2.75) is 18.9 Å². The lowest BCUT2D eigenvalue weighted by molar-refractivity contribution is 0.0722. The number of hydrogen-bond donors (Lipinski definition) is 0. The molecule has 0 saturated carbocycles. The second-order valence-electron chi connectivity index (χ2n) is 6.61. The van der Waals surface area contributed by atoms with Gasteiger partial charge in [0.05, 0.1) is 11.7 Å². The van der Waals surface area contributed by atoms with E-state index < -0.39 is 5.82 Å². The lowest BCUT2D eigenvalue weighted by atomic mass is 10.1. The molecule has 3 aromatic rings. The molecule has 1 amide bonds. The molecule has 0 aliphatic heterocycles. The third-order valence-corrected chi connectivity index (χ3v) is 4.98. The molecule has 2 aromatic carbocycles. The highest BCUT2D eigenvalue weighted by atomic mass is 19.1. The lowest BCUT2D eigenvalue weighted by Crippen LogP contribution is -2.33. The van der Waals surface area contributed by atoms with Gasteiger partial charge in [-0.15, -0.1) is 0 Å². The Bertz CT molecular complexity index is 1060. The number of carbonyl (C=O) groups excluding carboxylic acids is 1. The second-order valence-corrected chi connectivity index (χ2v) is 6.61. The van der Waals surface area contributed by atoms with Crippen molar-refractivity contribution in [3.8, 4) is 5.69 Å². The largest absolute Gasteiger partial charge is 0.333 e. The molecule has 0 radical (unpaired) electrons. The van der Waals surface area contributed by atoms with Crippen LogP contribution in [-0.4, -0.2) is 27.6 Å². The molecule has 1 heterocycles. The topological polar surface area (TPSA) is 55.2 Å². The average Bonchev–Trinajstić information content (AvgIpc) is 3.12. The molecule has 4 rings (SSSR count). The Labute approximate surface area is 155 Å². The fourth-order valence-electron chi connectivity index (χ4n) is 3.55. The van der Waals surface area contributed by atoms with E-state index in [2.05, 4.69) is 11.2 Å². The van der Waals surface area contributed by atoms with Crippen LogP contribution in [0, 0.1) is 5.82 Å². The molecule has 1 atom stereocenters. The molecule has 27 heavy (non-hydrogen) atoms. The number of halogens is 1. The van der Waals surface area contributed by atoms with Crippen LogP contribution in [0.5, 0.6) is 0 Å². The van der Waals surface area contributed by atoms with Crippen LogP contribution in [0.2, 0.25) is 0 Å². The van der Waals surface area contributed by atoms with Crippen LogP contribution in [0.4, 0.5) is 4.39 Å². The van der Waals surface area contributed by atoms with E-state index in [4.69, 9.17) is 0 Å². The van der Waals surface area contributed by atoms with Crippen molar-refractivity contribution < 1.29 is 9.18 Å². The van der Waals surface area contributed by atoms with Gasteiger partial charge in [-0.1, -0.05) is 24.3 Å². The Balaban J connectivity index is 1.66. The molecule has 1 aliphatic carbocycles. The summed E-state index contributed by atoms with van der Waals surface area (Å²) in [4.78, 5) is 26.8. The molecule has 0 saturated heterocycles. The van der Waals surface area contributed by atoms with Crippen LogP contribution >= 0.6 is 0 Å². The Kier molecular flexibility index (Phi) is 4.32. The fraction of sp³-hybridized carbons (Fsp3) is 0.190. The van der Waals surface area contributed by atoms with Gasteiger partial charge in [0.2, 0.25) is 0 Å². The maximum absolute atomic E-state index is 13.1. The van der Waals surface area contributed by atoms with Gasteiger partial charge in [0.1, 0.15) is 11.5 Å². The number of nitrogens with zero attached hydrogens (tertiary/aromatic N) is 3. The first kappa shape index (κ1) is 17.1. The molecule has 0 fully saturated rings. The number of rotatable bonds is 3. The first-order valence-corrected chi connectivity index (χ1v) is 8.76. The molecule has 5 nitrogen and oxygen atoms in total. The Morgan fingerprint density at radius 2 is 1.85 bits per heavy atom. The molecule has 1 aliphatic rings. The number of carbonyl (C=O) groups is 1. The minimum absolute atomic E-state index is 0.0123. The lowest BCUT2D eigenvalue weighted by Gasteiger charge is -2.25. The molecule has 0 spiro atoms. The maximum atomic E-state index is 13.1. The summed E-state index contributed by atoms with van der Waals surface area (Å²) >= 11 is 0. The molecule has 0 N–H and O–H groups in total. The highest BCUT2D eigenvalue weighted by Crippen LogP contribution is 2.35. The number of hydrogen-bond acceptors (Lipinski definition) is 3. The Morgan fingerprint density at radius 3 is 2.63 bits per heavy atom. The van der Waals surface area contributed by atoms with Crippen molar-refractivity contribution in [3.63, 3.8) is 0 Å². The van der Waals surface area contributed by atoms with Gasteiger partial charge < -0.3 is 4.90 Å². The number of benzene rings is 2. The van der Waals surface area contributed by atoms with E-state index in [1.165, 1.54) is 42.0 Å². The zero-order chi connectivity index (χ0) is 19.0. The first-order chi connectivity index (χ1) is 13.0. The van der Waals surface area contributed by atoms with Crippen LogP contribution in [0.25, 0.3) is 5.69 Å². The minimum Gasteiger partial charge on any atom is -0.333 e. The summed E-state index contributed by atoms with van der Waals surface area (Å²) in [5.74, 6) is -0.661. The normalized spacial score (nSPS) is 15.4. The van der Waals surface area contributed by atoms with E-state index >= 15 is 0 Å². The van der Waals surface area contributed by atoms with Crippen LogP contribution in [0.3, 0.4) is 0 Å². The summed E-state index contributed by atoms with van der Waals surface area (Å²) in [7, 11) is 1.75.